The lowest BCUT2D eigenvalue weighted by molar-refractivity contribution is -0.115. The number of nitrogens with one attached hydrogen (secondary N) is 1. The van der Waals surface area contributed by atoms with E-state index in [1.54, 1.807) is 6.08 Å². The highest BCUT2D eigenvalue weighted by atomic mass is 32.2. The Bertz CT molecular complexity index is 912. The van der Waals surface area contributed by atoms with Gasteiger partial charge in [0.1, 0.15) is 5.75 Å². The lowest BCUT2D eigenvalue weighted by Crippen LogP contribution is -2.20. The predicted molar refractivity (Wildman–Crippen MR) is 111 cm³/mol. The summed E-state index contributed by atoms with van der Waals surface area (Å²) in [5, 5.41) is 13.3. The standard InChI is InChI=1S/C19H26N2O4S2/c1-18(2,3)12-8-11(9-13(15(12)22)19(4,5)6)10-14-16(23)20-17(26-14)21-27(7,24)25/h8-10,22H,1-7H3,(H,20,21,23)/b14-10-. The number of nitrogens with zero attached hydrogens (tertiary/aromatic N) is 1. The second-order valence-corrected chi connectivity index (χ2v) is 11.3. The van der Waals surface area contributed by atoms with Gasteiger partial charge in [0.2, 0.25) is 0 Å². The van der Waals surface area contributed by atoms with Gasteiger partial charge < -0.3 is 5.11 Å². The van der Waals surface area contributed by atoms with Crippen molar-refractivity contribution < 1.29 is 18.3 Å². The van der Waals surface area contributed by atoms with E-state index in [4.69, 9.17) is 0 Å². The van der Waals surface area contributed by atoms with E-state index in [0.717, 1.165) is 34.7 Å². The summed E-state index contributed by atoms with van der Waals surface area (Å²) in [4.78, 5) is 12.5. The predicted octanol–water partition coefficient (Wildman–Crippen LogP) is 3.51. The summed E-state index contributed by atoms with van der Waals surface area (Å²) >= 11 is 0.980. The first-order chi connectivity index (χ1) is 12.1. The molecule has 1 aliphatic heterocycles. The number of hydrogen-bond donors (Lipinski definition) is 2. The maximum atomic E-state index is 12.2. The number of hydrogen-bond acceptors (Lipinski definition) is 5. The lowest BCUT2D eigenvalue weighted by Gasteiger charge is -2.28. The van der Waals surface area contributed by atoms with Gasteiger partial charge in [0.15, 0.2) is 5.17 Å². The van der Waals surface area contributed by atoms with Crippen LogP contribution in [0.2, 0.25) is 0 Å². The third-order valence-electron chi connectivity index (χ3n) is 3.95. The van der Waals surface area contributed by atoms with E-state index in [1.165, 1.54) is 0 Å². The normalized spacial score (nSPS) is 19.0. The highest BCUT2D eigenvalue weighted by Crippen LogP contribution is 2.40. The Kier molecular flexibility index (Phi) is 5.56. The summed E-state index contributed by atoms with van der Waals surface area (Å²) in [6.45, 7) is 12.1. The molecule has 0 atom stereocenters. The molecule has 27 heavy (non-hydrogen) atoms. The monoisotopic (exact) mass is 410 g/mol. The number of phenolic OH excluding ortho intramolecular Hbond substituents is 1. The number of thioether (sulfide) groups is 1. The number of rotatable bonds is 2. The number of benzene rings is 1. The smallest absolute Gasteiger partial charge is 0.264 e. The minimum absolute atomic E-state index is 0.0413. The molecule has 1 aromatic carbocycles. The zero-order valence-corrected chi connectivity index (χ0v) is 18.3. The van der Waals surface area contributed by atoms with Crippen LogP contribution in [0, 0.1) is 0 Å². The molecule has 1 heterocycles. The van der Waals surface area contributed by atoms with Gasteiger partial charge in [-0.1, -0.05) is 41.5 Å². The quantitative estimate of drug-likeness (QED) is 0.728. The van der Waals surface area contributed by atoms with Crippen molar-refractivity contribution in [1.82, 2.24) is 5.32 Å². The molecule has 2 rings (SSSR count). The van der Waals surface area contributed by atoms with Gasteiger partial charge in [-0.2, -0.15) is 0 Å². The van der Waals surface area contributed by atoms with Gasteiger partial charge in [0.05, 0.1) is 11.2 Å². The van der Waals surface area contributed by atoms with Gasteiger partial charge in [0, 0.05) is 11.1 Å². The fourth-order valence-electron chi connectivity index (χ4n) is 2.66. The van der Waals surface area contributed by atoms with Crippen molar-refractivity contribution in [3.8, 4) is 5.75 Å². The summed E-state index contributed by atoms with van der Waals surface area (Å²) in [6, 6.07) is 3.72. The molecular formula is C19H26N2O4S2. The first kappa shape index (κ1) is 21.5. The first-order valence-corrected chi connectivity index (χ1v) is 11.1. The molecular weight excluding hydrogens is 384 g/mol. The van der Waals surface area contributed by atoms with Crippen molar-refractivity contribution in [2.75, 3.05) is 6.26 Å². The Labute approximate surface area is 165 Å². The van der Waals surface area contributed by atoms with Crippen LogP contribution < -0.4 is 5.32 Å². The van der Waals surface area contributed by atoms with Gasteiger partial charge in [-0.25, -0.2) is 8.42 Å². The minimum atomic E-state index is -3.59. The van der Waals surface area contributed by atoms with Crippen LogP contribution in [0.5, 0.6) is 5.75 Å². The molecule has 0 aliphatic carbocycles. The van der Waals surface area contributed by atoms with Crippen LogP contribution in [0.4, 0.5) is 0 Å². The molecule has 1 saturated heterocycles. The van der Waals surface area contributed by atoms with Crippen molar-refractivity contribution in [2.24, 2.45) is 4.40 Å². The van der Waals surface area contributed by atoms with Crippen molar-refractivity contribution in [1.29, 1.82) is 0 Å². The van der Waals surface area contributed by atoms with E-state index in [9.17, 15) is 18.3 Å². The average Bonchev–Trinajstić information content (AvgIpc) is 2.75. The summed E-state index contributed by atoms with van der Waals surface area (Å²) in [7, 11) is -3.59. The van der Waals surface area contributed by atoms with E-state index >= 15 is 0 Å². The molecule has 148 valence electrons. The zero-order valence-electron chi connectivity index (χ0n) is 16.7. The average molecular weight is 411 g/mol. The van der Waals surface area contributed by atoms with E-state index in [-0.39, 0.29) is 21.7 Å². The molecule has 0 unspecified atom stereocenters. The van der Waals surface area contributed by atoms with Crippen LogP contribution in [0.3, 0.4) is 0 Å². The largest absolute Gasteiger partial charge is 0.507 e. The van der Waals surface area contributed by atoms with E-state index < -0.39 is 15.9 Å². The van der Waals surface area contributed by atoms with Gasteiger partial charge in [-0.05, 0) is 46.4 Å². The van der Waals surface area contributed by atoms with Gasteiger partial charge in [0.25, 0.3) is 15.9 Å². The first-order valence-electron chi connectivity index (χ1n) is 8.47. The Morgan fingerprint density at radius 2 is 1.56 bits per heavy atom. The van der Waals surface area contributed by atoms with Crippen molar-refractivity contribution in [2.45, 2.75) is 52.4 Å². The Hall–Kier alpha value is -1.80. The number of phenols is 1. The Morgan fingerprint density at radius 3 is 1.96 bits per heavy atom. The summed E-state index contributed by atoms with van der Waals surface area (Å²) in [5.41, 5.74) is 1.77. The van der Waals surface area contributed by atoms with Gasteiger partial charge in [-0.3, -0.25) is 10.1 Å². The second-order valence-electron chi connectivity index (χ2n) is 8.66. The SMILES string of the molecule is CC(C)(C)c1cc(/C=C2\S/C(=N\S(C)(=O)=O)NC2=O)cc(C(C)(C)C)c1O. The third-order valence-corrected chi connectivity index (χ3v) is 5.49. The molecule has 0 saturated carbocycles. The molecule has 1 amide bonds. The highest BCUT2D eigenvalue weighted by molar-refractivity contribution is 8.19. The topological polar surface area (TPSA) is 95.8 Å². The molecule has 6 nitrogen and oxygen atoms in total. The molecule has 0 bridgehead atoms. The van der Waals surface area contributed by atoms with Crippen molar-refractivity contribution in [3.05, 3.63) is 33.7 Å². The molecule has 0 spiro atoms. The minimum Gasteiger partial charge on any atom is -0.507 e. The van der Waals surface area contributed by atoms with Crippen LogP contribution in [-0.4, -0.2) is 30.9 Å². The second kappa shape index (κ2) is 6.98. The summed E-state index contributed by atoms with van der Waals surface area (Å²) in [6.07, 6.45) is 2.66. The van der Waals surface area contributed by atoms with E-state index in [2.05, 4.69) is 9.71 Å². The van der Waals surface area contributed by atoms with E-state index in [0.29, 0.717) is 4.91 Å². The maximum Gasteiger partial charge on any atom is 0.264 e. The maximum absolute atomic E-state index is 12.2. The number of sulfonamides is 1. The molecule has 1 fully saturated rings. The number of amides is 1. The van der Waals surface area contributed by atoms with Crippen LogP contribution in [0.25, 0.3) is 6.08 Å². The Morgan fingerprint density at radius 1 is 1.07 bits per heavy atom. The van der Waals surface area contributed by atoms with Gasteiger partial charge in [-0.15, -0.1) is 4.40 Å². The molecule has 0 radical (unpaired) electrons. The lowest BCUT2D eigenvalue weighted by atomic mass is 9.78. The van der Waals surface area contributed by atoms with E-state index in [1.807, 2.05) is 53.7 Å². The fourth-order valence-corrected chi connectivity index (χ4v) is 4.25. The van der Waals surface area contributed by atoms with Crippen molar-refractivity contribution >= 4 is 38.9 Å². The Balaban J connectivity index is 2.58. The number of amidine groups is 1. The molecule has 1 aliphatic rings. The summed E-state index contributed by atoms with van der Waals surface area (Å²) in [5.74, 6) is -0.134. The van der Waals surface area contributed by atoms with Crippen LogP contribution in [0.15, 0.2) is 21.4 Å². The molecule has 1 aromatic rings. The van der Waals surface area contributed by atoms with Crippen LogP contribution >= 0.6 is 11.8 Å². The van der Waals surface area contributed by atoms with Crippen LogP contribution in [0.1, 0.15) is 58.2 Å². The molecule has 2 N–H and O–H groups in total. The fraction of sp³-hybridized carbons (Fsp3) is 0.474. The van der Waals surface area contributed by atoms with Crippen molar-refractivity contribution in [3.63, 3.8) is 0 Å². The molecule has 8 heteroatoms. The highest BCUT2D eigenvalue weighted by Gasteiger charge is 2.28. The number of aromatic hydroxyl groups is 1. The van der Waals surface area contributed by atoms with Crippen LogP contribution in [-0.2, 0) is 25.6 Å². The van der Waals surface area contributed by atoms with Gasteiger partial charge >= 0.3 is 0 Å². The summed E-state index contributed by atoms with van der Waals surface area (Å²) < 4.78 is 26.1. The third kappa shape index (κ3) is 5.35. The molecule has 0 aromatic heterocycles. The number of carbonyl (C=O) groups excluding carboxylic acids is 1. The zero-order chi connectivity index (χ0) is 20.8. The number of carbonyl (C=O) groups is 1.